The van der Waals surface area contributed by atoms with Crippen molar-refractivity contribution in [2.24, 2.45) is 5.41 Å². The number of rotatable bonds is 5. The van der Waals surface area contributed by atoms with Gasteiger partial charge in [-0.1, -0.05) is 13.3 Å². The number of aliphatic carboxylic acids is 1. The van der Waals surface area contributed by atoms with E-state index in [4.69, 9.17) is 0 Å². The third-order valence-corrected chi connectivity index (χ3v) is 3.52. The van der Waals surface area contributed by atoms with Crippen LogP contribution < -0.4 is 0 Å². The van der Waals surface area contributed by atoms with Crippen molar-refractivity contribution in [3.63, 3.8) is 0 Å². The molecule has 1 heterocycles. The van der Waals surface area contributed by atoms with Crippen LogP contribution in [0.3, 0.4) is 0 Å². The zero-order valence-electron chi connectivity index (χ0n) is 10.3. The summed E-state index contributed by atoms with van der Waals surface area (Å²) in [5.41, 5.74) is -0.510. The van der Waals surface area contributed by atoms with Gasteiger partial charge in [-0.05, 0) is 39.3 Å². The van der Waals surface area contributed by atoms with E-state index in [1.807, 2.05) is 6.92 Å². The van der Waals surface area contributed by atoms with Crippen LogP contribution in [0.5, 0.6) is 0 Å². The topological polar surface area (TPSA) is 60.8 Å². The quantitative estimate of drug-likeness (QED) is 0.746. The molecule has 0 bridgehead atoms. The Bertz CT molecular complexity index is 232. The summed E-state index contributed by atoms with van der Waals surface area (Å²) >= 11 is 0. The van der Waals surface area contributed by atoms with Gasteiger partial charge in [0.25, 0.3) is 0 Å². The van der Waals surface area contributed by atoms with Crippen molar-refractivity contribution in [2.75, 3.05) is 19.6 Å². The number of hydrogen-bond donors (Lipinski definition) is 2. The summed E-state index contributed by atoms with van der Waals surface area (Å²) in [5, 5.41) is 18.6. The summed E-state index contributed by atoms with van der Waals surface area (Å²) in [6.07, 6.45) is 2.78. The van der Waals surface area contributed by atoms with E-state index < -0.39 is 11.4 Å². The van der Waals surface area contributed by atoms with Gasteiger partial charge in [-0.25, -0.2) is 0 Å². The molecule has 1 aliphatic heterocycles. The minimum Gasteiger partial charge on any atom is -0.481 e. The maximum absolute atomic E-state index is 11.3. The first-order valence-corrected chi connectivity index (χ1v) is 6.14. The van der Waals surface area contributed by atoms with Crippen LogP contribution in [0.25, 0.3) is 0 Å². The number of carboxylic acid groups (broad SMARTS) is 1. The number of likely N-dealkylation sites (tertiary alicyclic amines) is 1. The van der Waals surface area contributed by atoms with Gasteiger partial charge in [-0.3, -0.25) is 4.79 Å². The normalized spacial score (nSPS) is 22.9. The molecule has 0 radical (unpaired) electrons. The van der Waals surface area contributed by atoms with E-state index in [9.17, 15) is 15.0 Å². The second kappa shape index (κ2) is 5.64. The summed E-state index contributed by atoms with van der Waals surface area (Å²) in [4.78, 5) is 13.5. The molecule has 1 saturated heterocycles. The molecular weight excluding hydrogens is 206 g/mol. The lowest BCUT2D eigenvalue weighted by Gasteiger charge is -2.39. The first-order valence-electron chi connectivity index (χ1n) is 6.14. The number of β-amino-alcohol motifs (C(OH)–C–C–N with tert-alkyl or cyclic N) is 1. The Morgan fingerprint density at radius 2 is 2.00 bits per heavy atom. The molecule has 1 atom stereocenters. The second-order valence-corrected chi connectivity index (χ2v) is 4.99. The first-order chi connectivity index (χ1) is 7.50. The maximum Gasteiger partial charge on any atom is 0.309 e. The molecule has 0 spiro atoms. The monoisotopic (exact) mass is 229 g/mol. The molecular formula is C12H23NO3. The highest BCUT2D eigenvalue weighted by Crippen LogP contribution is 2.36. The summed E-state index contributed by atoms with van der Waals surface area (Å²) in [7, 11) is 0. The summed E-state index contributed by atoms with van der Waals surface area (Å²) in [6, 6.07) is 0. The fraction of sp³-hybridized carbons (Fsp3) is 0.917. The van der Waals surface area contributed by atoms with Crippen molar-refractivity contribution >= 4 is 5.97 Å². The predicted octanol–water partition coefficient (Wildman–Crippen LogP) is 1.33. The lowest BCUT2D eigenvalue weighted by atomic mass is 9.75. The second-order valence-electron chi connectivity index (χ2n) is 4.99. The number of nitrogens with zero attached hydrogens (tertiary/aromatic N) is 1. The molecule has 0 aromatic carbocycles. The number of hydrogen-bond acceptors (Lipinski definition) is 3. The molecule has 2 N–H and O–H groups in total. The highest BCUT2D eigenvalue weighted by Gasteiger charge is 2.40. The minimum absolute atomic E-state index is 0.330. The van der Waals surface area contributed by atoms with Gasteiger partial charge in [0.1, 0.15) is 0 Å². The van der Waals surface area contributed by atoms with Crippen molar-refractivity contribution < 1.29 is 15.0 Å². The first kappa shape index (κ1) is 13.5. The van der Waals surface area contributed by atoms with Gasteiger partial charge in [0.2, 0.25) is 0 Å². The van der Waals surface area contributed by atoms with Crippen molar-refractivity contribution in [1.82, 2.24) is 4.90 Å². The van der Waals surface area contributed by atoms with Crippen LogP contribution in [0.1, 0.15) is 39.5 Å². The summed E-state index contributed by atoms with van der Waals surface area (Å²) in [5.74, 6) is -0.647. The van der Waals surface area contributed by atoms with E-state index in [-0.39, 0.29) is 6.10 Å². The van der Waals surface area contributed by atoms with Crippen LogP contribution in [-0.4, -0.2) is 46.8 Å². The number of piperidine rings is 1. The summed E-state index contributed by atoms with van der Waals surface area (Å²) in [6.45, 7) is 6.04. The number of carbonyl (C=O) groups is 1. The van der Waals surface area contributed by atoms with Gasteiger partial charge in [-0.2, -0.15) is 0 Å². The van der Waals surface area contributed by atoms with Gasteiger partial charge in [0.15, 0.2) is 0 Å². The third kappa shape index (κ3) is 3.19. The van der Waals surface area contributed by atoms with Gasteiger partial charge in [-0.15, -0.1) is 0 Å². The van der Waals surface area contributed by atoms with Crippen molar-refractivity contribution in [3.8, 4) is 0 Å². The molecule has 1 rings (SSSR count). The highest BCUT2D eigenvalue weighted by atomic mass is 16.4. The Morgan fingerprint density at radius 1 is 1.44 bits per heavy atom. The molecule has 0 aromatic heterocycles. The fourth-order valence-electron chi connectivity index (χ4n) is 2.59. The molecule has 0 aromatic rings. The maximum atomic E-state index is 11.3. The molecule has 0 saturated carbocycles. The third-order valence-electron chi connectivity index (χ3n) is 3.52. The number of carboxylic acids is 1. The summed E-state index contributed by atoms with van der Waals surface area (Å²) < 4.78 is 0. The van der Waals surface area contributed by atoms with E-state index >= 15 is 0 Å². The molecule has 94 valence electrons. The standard InChI is InChI=1S/C12H23NO3/c1-3-4-12(11(15)16)5-7-13(8-6-12)9-10(2)14/h10,14H,3-9H2,1-2H3,(H,15,16). The fourth-order valence-corrected chi connectivity index (χ4v) is 2.59. The van der Waals surface area contributed by atoms with Crippen molar-refractivity contribution in [3.05, 3.63) is 0 Å². The Labute approximate surface area is 97.3 Å². The SMILES string of the molecule is CCCC1(C(=O)O)CCN(CC(C)O)CC1. The molecule has 16 heavy (non-hydrogen) atoms. The van der Waals surface area contributed by atoms with E-state index in [1.54, 1.807) is 6.92 Å². The molecule has 4 heteroatoms. The smallest absolute Gasteiger partial charge is 0.309 e. The van der Waals surface area contributed by atoms with E-state index in [2.05, 4.69) is 4.90 Å². The highest BCUT2D eigenvalue weighted by molar-refractivity contribution is 5.74. The van der Waals surface area contributed by atoms with Gasteiger partial charge < -0.3 is 15.1 Å². The van der Waals surface area contributed by atoms with E-state index in [1.165, 1.54) is 0 Å². The van der Waals surface area contributed by atoms with Crippen LogP contribution in [0.4, 0.5) is 0 Å². The van der Waals surface area contributed by atoms with E-state index in [0.717, 1.165) is 25.9 Å². The Morgan fingerprint density at radius 3 is 2.38 bits per heavy atom. The van der Waals surface area contributed by atoms with Crippen LogP contribution in [0.2, 0.25) is 0 Å². The van der Waals surface area contributed by atoms with Gasteiger partial charge in [0.05, 0.1) is 11.5 Å². The molecule has 1 aliphatic rings. The molecule has 1 unspecified atom stereocenters. The number of aliphatic hydroxyl groups excluding tert-OH is 1. The van der Waals surface area contributed by atoms with Crippen molar-refractivity contribution in [1.29, 1.82) is 0 Å². The minimum atomic E-state index is -0.647. The predicted molar refractivity (Wildman–Crippen MR) is 62.3 cm³/mol. The van der Waals surface area contributed by atoms with Crippen LogP contribution >= 0.6 is 0 Å². The lowest BCUT2D eigenvalue weighted by molar-refractivity contribution is -0.152. The number of aliphatic hydroxyl groups is 1. The van der Waals surface area contributed by atoms with Gasteiger partial charge >= 0.3 is 5.97 Å². The molecule has 0 amide bonds. The molecule has 1 fully saturated rings. The lowest BCUT2D eigenvalue weighted by Crippen LogP contribution is -2.46. The Kier molecular flexibility index (Phi) is 4.74. The zero-order chi connectivity index (χ0) is 12.2. The molecule has 4 nitrogen and oxygen atoms in total. The van der Waals surface area contributed by atoms with Crippen molar-refractivity contribution in [2.45, 2.75) is 45.6 Å². The van der Waals surface area contributed by atoms with Crippen LogP contribution in [0, 0.1) is 5.41 Å². The Hall–Kier alpha value is -0.610. The van der Waals surface area contributed by atoms with Crippen LogP contribution in [-0.2, 0) is 4.79 Å². The Balaban J connectivity index is 2.52. The van der Waals surface area contributed by atoms with Crippen LogP contribution in [0.15, 0.2) is 0 Å². The van der Waals surface area contributed by atoms with Gasteiger partial charge in [0, 0.05) is 6.54 Å². The molecule has 0 aliphatic carbocycles. The zero-order valence-corrected chi connectivity index (χ0v) is 10.3. The average Bonchev–Trinajstić information content (AvgIpc) is 2.20. The average molecular weight is 229 g/mol. The largest absolute Gasteiger partial charge is 0.481 e. The van der Waals surface area contributed by atoms with E-state index in [0.29, 0.717) is 19.4 Å².